The maximum Gasteiger partial charge on any atom is 0.196 e. The lowest BCUT2D eigenvalue weighted by Gasteiger charge is -2.20. The number of ether oxygens (including phenoxy) is 4. The van der Waals surface area contributed by atoms with E-state index >= 15 is 0 Å². The van der Waals surface area contributed by atoms with E-state index in [0.29, 0.717) is 13.2 Å². The summed E-state index contributed by atoms with van der Waals surface area (Å²) < 4.78 is 24.0. The molecule has 0 aliphatic heterocycles. The SMILES string of the molecule is CC/C=C(/OC(C)OCCCOC(C)Oc1cccc(CCC)c1)c1c(CCN(C)C)c[nH]c1CC. The van der Waals surface area contributed by atoms with Crippen molar-refractivity contribution in [2.24, 2.45) is 0 Å². The van der Waals surface area contributed by atoms with Crippen LogP contribution in [0.4, 0.5) is 0 Å². The van der Waals surface area contributed by atoms with Gasteiger partial charge in [0.05, 0.1) is 13.2 Å². The number of hydrogen-bond acceptors (Lipinski definition) is 5. The molecular weight excluding hydrogens is 452 g/mol. The van der Waals surface area contributed by atoms with Crippen molar-refractivity contribution in [1.82, 2.24) is 9.88 Å². The van der Waals surface area contributed by atoms with Crippen molar-refractivity contribution in [3.63, 3.8) is 0 Å². The van der Waals surface area contributed by atoms with Gasteiger partial charge in [-0.2, -0.15) is 0 Å². The van der Waals surface area contributed by atoms with Gasteiger partial charge in [0.25, 0.3) is 0 Å². The predicted octanol–water partition coefficient (Wildman–Crippen LogP) is 6.60. The Hall–Kier alpha value is -2.28. The summed E-state index contributed by atoms with van der Waals surface area (Å²) in [7, 11) is 4.20. The number of rotatable bonds is 18. The lowest BCUT2D eigenvalue weighted by molar-refractivity contribution is -0.102. The van der Waals surface area contributed by atoms with Crippen molar-refractivity contribution < 1.29 is 18.9 Å². The Morgan fingerprint density at radius 3 is 2.44 bits per heavy atom. The van der Waals surface area contributed by atoms with Gasteiger partial charge in [-0.05, 0) is 89.4 Å². The summed E-state index contributed by atoms with van der Waals surface area (Å²) in [6.45, 7) is 12.5. The third kappa shape index (κ3) is 10.4. The van der Waals surface area contributed by atoms with Gasteiger partial charge in [-0.1, -0.05) is 39.3 Å². The van der Waals surface area contributed by atoms with E-state index in [1.54, 1.807) is 0 Å². The fourth-order valence-electron chi connectivity index (χ4n) is 4.09. The third-order valence-corrected chi connectivity index (χ3v) is 5.89. The first kappa shape index (κ1) is 29.9. The minimum absolute atomic E-state index is 0.309. The summed E-state index contributed by atoms with van der Waals surface area (Å²) in [5.41, 5.74) is 4.97. The molecule has 0 spiro atoms. The molecule has 36 heavy (non-hydrogen) atoms. The molecule has 0 aliphatic carbocycles. The Kier molecular flexibility index (Phi) is 13.7. The zero-order valence-corrected chi connectivity index (χ0v) is 23.6. The normalized spacial score (nSPS) is 13.7. The number of nitrogens with zero attached hydrogens (tertiary/aromatic N) is 1. The lowest BCUT2D eigenvalue weighted by atomic mass is 10.0. The molecule has 0 amide bonds. The van der Waals surface area contributed by atoms with Gasteiger partial charge in [0.1, 0.15) is 11.5 Å². The molecule has 1 N–H and O–H groups in total. The number of hydrogen-bond donors (Lipinski definition) is 1. The number of allylic oxidation sites excluding steroid dienone is 1. The number of likely N-dealkylation sites (N-methyl/N-ethyl adjacent to an activating group) is 1. The van der Waals surface area contributed by atoms with Crippen LogP contribution < -0.4 is 4.74 Å². The van der Waals surface area contributed by atoms with Crippen LogP contribution >= 0.6 is 0 Å². The van der Waals surface area contributed by atoms with Crippen LogP contribution in [-0.4, -0.2) is 56.3 Å². The maximum absolute atomic E-state index is 6.30. The van der Waals surface area contributed by atoms with Crippen molar-refractivity contribution in [1.29, 1.82) is 0 Å². The summed E-state index contributed by atoms with van der Waals surface area (Å²) in [5.74, 6) is 1.75. The molecule has 202 valence electrons. The van der Waals surface area contributed by atoms with Crippen LogP contribution in [0.15, 0.2) is 36.5 Å². The van der Waals surface area contributed by atoms with Crippen LogP contribution in [0.1, 0.15) is 76.3 Å². The van der Waals surface area contributed by atoms with Gasteiger partial charge in [-0.25, -0.2) is 0 Å². The Labute approximate surface area is 219 Å². The topological polar surface area (TPSA) is 56.0 Å². The number of aromatic amines is 1. The average Bonchev–Trinajstić information content (AvgIpc) is 3.25. The van der Waals surface area contributed by atoms with E-state index in [-0.39, 0.29) is 12.6 Å². The summed E-state index contributed by atoms with van der Waals surface area (Å²) in [4.78, 5) is 5.65. The summed E-state index contributed by atoms with van der Waals surface area (Å²) in [5, 5.41) is 0. The van der Waals surface area contributed by atoms with Crippen LogP contribution in [0.3, 0.4) is 0 Å². The van der Waals surface area contributed by atoms with E-state index < -0.39 is 0 Å². The zero-order chi connectivity index (χ0) is 26.3. The molecule has 1 aromatic carbocycles. The van der Waals surface area contributed by atoms with Gasteiger partial charge >= 0.3 is 0 Å². The van der Waals surface area contributed by atoms with Crippen LogP contribution in [0, 0.1) is 0 Å². The van der Waals surface area contributed by atoms with E-state index in [1.165, 1.54) is 22.4 Å². The largest absolute Gasteiger partial charge is 0.465 e. The van der Waals surface area contributed by atoms with Gasteiger partial charge < -0.3 is 28.8 Å². The van der Waals surface area contributed by atoms with Crippen molar-refractivity contribution in [2.45, 2.75) is 85.7 Å². The highest BCUT2D eigenvalue weighted by Crippen LogP contribution is 2.28. The molecule has 1 aromatic heterocycles. The molecule has 1 heterocycles. The molecule has 2 rings (SSSR count). The van der Waals surface area contributed by atoms with E-state index in [2.05, 4.69) is 69.2 Å². The molecular formula is C30H48N2O4. The monoisotopic (exact) mass is 500 g/mol. The van der Waals surface area contributed by atoms with Crippen molar-refractivity contribution in [3.05, 3.63) is 58.9 Å². The van der Waals surface area contributed by atoms with Gasteiger partial charge in [-0.3, -0.25) is 0 Å². The van der Waals surface area contributed by atoms with E-state index in [1.807, 2.05) is 26.0 Å². The smallest absolute Gasteiger partial charge is 0.196 e. The molecule has 6 nitrogen and oxygen atoms in total. The number of H-pyrrole nitrogens is 1. The van der Waals surface area contributed by atoms with Gasteiger partial charge in [0.15, 0.2) is 12.6 Å². The number of aryl methyl sites for hydroxylation is 2. The second-order valence-electron chi connectivity index (χ2n) is 9.41. The molecule has 2 unspecified atom stereocenters. The third-order valence-electron chi connectivity index (χ3n) is 5.89. The van der Waals surface area contributed by atoms with Gasteiger partial charge in [0.2, 0.25) is 0 Å². The van der Waals surface area contributed by atoms with E-state index in [0.717, 1.165) is 56.6 Å². The second-order valence-corrected chi connectivity index (χ2v) is 9.41. The summed E-state index contributed by atoms with van der Waals surface area (Å²) >= 11 is 0. The molecule has 0 fully saturated rings. The van der Waals surface area contributed by atoms with E-state index in [9.17, 15) is 0 Å². The minimum atomic E-state index is -0.348. The van der Waals surface area contributed by atoms with Crippen molar-refractivity contribution >= 4 is 5.76 Å². The van der Waals surface area contributed by atoms with Crippen LogP contribution in [-0.2, 0) is 33.5 Å². The molecule has 0 bridgehead atoms. The first-order valence-corrected chi connectivity index (χ1v) is 13.6. The van der Waals surface area contributed by atoms with Gasteiger partial charge in [0, 0.05) is 24.0 Å². The molecule has 0 saturated heterocycles. The molecule has 0 aliphatic rings. The molecule has 2 aromatic rings. The summed E-state index contributed by atoms with van der Waals surface area (Å²) in [6.07, 6.45) is 9.36. The highest BCUT2D eigenvalue weighted by molar-refractivity contribution is 5.65. The Morgan fingerprint density at radius 2 is 1.78 bits per heavy atom. The minimum Gasteiger partial charge on any atom is -0.465 e. The lowest BCUT2D eigenvalue weighted by Crippen LogP contribution is -2.19. The quantitative estimate of drug-likeness (QED) is 0.142. The first-order chi connectivity index (χ1) is 17.4. The first-order valence-electron chi connectivity index (χ1n) is 13.6. The second kappa shape index (κ2) is 16.5. The van der Waals surface area contributed by atoms with Crippen molar-refractivity contribution in [2.75, 3.05) is 33.9 Å². The Morgan fingerprint density at radius 1 is 1.03 bits per heavy atom. The average molecular weight is 501 g/mol. The number of benzene rings is 1. The molecule has 6 heteroatoms. The molecule has 0 saturated carbocycles. The van der Waals surface area contributed by atoms with E-state index in [4.69, 9.17) is 18.9 Å². The zero-order valence-electron chi connectivity index (χ0n) is 23.6. The number of nitrogens with one attached hydrogen (secondary N) is 1. The van der Waals surface area contributed by atoms with Crippen LogP contribution in [0.5, 0.6) is 5.75 Å². The Balaban J connectivity index is 1.80. The van der Waals surface area contributed by atoms with Gasteiger partial charge in [-0.15, -0.1) is 0 Å². The van der Waals surface area contributed by atoms with Crippen LogP contribution in [0.25, 0.3) is 5.76 Å². The molecule has 2 atom stereocenters. The fraction of sp³-hybridized carbons (Fsp3) is 0.600. The highest BCUT2D eigenvalue weighted by atomic mass is 16.7. The standard InChI is InChI=1S/C30H48N2O4/c1-8-13-25-15-11-16-27(21-25)35-23(4)33-19-12-20-34-24(5)36-29(14-9-2)30-26(17-18-32(6)7)22-31-28(30)10-3/h11,14-16,21-24,31H,8-10,12-13,17-20H2,1-7H3/b29-14+. The number of aromatic nitrogens is 1. The Bertz CT molecular complexity index is 906. The predicted molar refractivity (Wildman–Crippen MR) is 148 cm³/mol. The van der Waals surface area contributed by atoms with Crippen molar-refractivity contribution in [3.8, 4) is 5.75 Å². The fourth-order valence-corrected chi connectivity index (χ4v) is 4.09. The maximum atomic E-state index is 6.30. The van der Waals surface area contributed by atoms with Crippen LogP contribution in [0.2, 0.25) is 0 Å². The summed E-state index contributed by atoms with van der Waals surface area (Å²) in [6, 6.07) is 8.23. The highest BCUT2D eigenvalue weighted by Gasteiger charge is 2.18. The molecule has 0 radical (unpaired) electrons.